The molecule has 0 aliphatic heterocycles. The average molecular weight is 604 g/mol. The number of hydrogen-bond acceptors (Lipinski definition) is 7. The van der Waals surface area contributed by atoms with Crippen molar-refractivity contribution in [2.75, 3.05) is 25.6 Å². The Bertz CT molecular complexity index is 1590. The molecule has 42 heavy (non-hydrogen) atoms. The SMILES string of the molecule is COCCN(Cc1ccc(-c2cc3nccc(Oc4ccc(NC(=O)NC5CC5)cc4F)c3s2)nc1)C(=O)C(F)(F)F. The molecule has 4 aromatic rings. The molecule has 0 atom stereocenters. The molecule has 9 nitrogen and oxygen atoms in total. The van der Waals surface area contributed by atoms with Crippen LogP contribution in [0.3, 0.4) is 0 Å². The van der Waals surface area contributed by atoms with Gasteiger partial charge < -0.3 is 25.0 Å². The number of pyridine rings is 2. The second-order valence-electron chi connectivity index (χ2n) is 9.52. The van der Waals surface area contributed by atoms with Gasteiger partial charge in [-0.05, 0) is 42.7 Å². The maximum atomic E-state index is 14.8. The van der Waals surface area contributed by atoms with Gasteiger partial charge in [-0.2, -0.15) is 13.2 Å². The Morgan fingerprint density at radius 3 is 2.57 bits per heavy atom. The number of carbonyl (C=O) groups is 2. The molecule has 0 radical (unpaired) electrons. The molecule has 14 heteroatoms. The summed E-state index contributed by atoms with van der Waals surface area (Å²) in [6, 6.07) is 10.5. The smallest absolute Gasteiger partial charge is 0.453 e. The number of methoxy groups -OCH3 is 1. The fourth-order valence-corrected chi connectivity index (χ4v) is 5.04. The van der Waals surface area contributed by atoms with Crippen LogP contribution in [-0.4, -0.2) is 59.3 Å². The quantitative estimate of drug-likeness (QED) is 0.212. The number of nitrogens with one attached hydrogen (secondary N) is 2. The molecule has 1 saturated carbocycles. The van der Waals surface area contributed by atoms with Crippen molar-refractivity contribution in [2.45, 2.75) is 31.6 Å². The molecule has 2 N–H and O–H groups in total. The van der Waals surface area contributed by atoms with Gasteiger partial charge in [0.05, 0.1) is 27.4 Å². The van der Waals surface area contributed by atoms with Gasteiger partial charge in [0.25, 0.3) is 0 Å². The van der Waals surface area contributed by atoms with Gasteiger partial charge in [-0.3, -0.25) is 14.8 Å². The number of hydrogen-bond donors (Lipinski definition) is 2. The fourth-order valence-electron chi connectivity index (χ4n) is 4.00. The van der Waals surface area contributed by atoms with Crippen LogP contribution in [0.5, 0.6) is 11.5 Å². The summed E-state index contributed by atoms with van der Waals surface area (Å²) in [7, 11) is 1.34. The van der Waals surface area contributed by atoms with E-state index in [1.165, 1.54) is 49.0 Å². The van der Waals surface area contributed by atoms with Crippen molar-refractivity contribution in [3.8, 4) is 22.1 Å². The first-order chi connectivity index (χ1) is 20.1. The number of ether oxygens (including phenoxy) is 2. The number of rotatable bonds is 10. The van der Waals surface area contributed by atoms with Gasteiger partial charge in [-0.1, -0.05) is 6.07 Å². The van der Waals surface area contributed by atoms with Crippen molar-refractivity contribution < 1.29 is 36.6 Å². The Balaban J connectivity index is 1.30. The Morgan fingerprint density at radius 2 is 1.90 bits per heavy atom. The molecular weight excluding hydrogens is 578 g/mol. The third-order valence-corrected chi connectivity index (χ3v) is 7.41. The lowest BCUT2D eigenvalue weighted by Gasteiger charge is -2.23. The number of fused-ring (bicyclic) bond motifs is 1. The van der Waals surface area contributed by atoms with E-state index >= 15 is 0 Å². The first-order valence-corrected chi connectivity index (χ1v) is 13.7. The van der Waals surface area contributed by atoms with E-state index < -0.39 is 23.9 Å². The number of urea groups is 1. The minimum absolute atomic E-state index is 0.0421. The van der Waals surface area contributed by atoms with Gasteiger partial charge in [0.2, 0.25) is 0 Å². The van der Waals surface area contributed by atoms with Crippen molar-refractivity contribution in [3.63, 3.8) is 0 Å². The number of nitrogens with zero attached hydrogens (tertiary/aromatic N) is 3. The van der Waals surface area contributed by atoms with Crippen molar-refractivity contribution in [2.24, 2.45) is 0 Å². The van der Waals surface area contributed by atoms with Crippen molar-refractivity contribution in [3.05, 3.63) is 66.2 Å². The molecule has 5 rings (SSSR count). The zero-order valence-electron chi connectivity index (χ0n) is 22.2. The summed E-state index contributed by atoms with van der Waals surface area (Å²) in [6.45, 7) is -0.558. The zero-order valence-corrected chi connectivity index (χ0v) is 23.0. The molecule has 3 heterocycles. The highest BCUT2D eigenvalue weighted by atomic mass is 32.1. The summed E-state index contributed by atoms with van der Waals surface area (Å²) >= 11 is 1.30. The van der Waals surface area contributed by atoms with Crippen LogP contribution < -0.4 is 15.4 Å². The highest BCUT2D eigenvalue weighted by molar-refractivity contribution is 7.22. The van der Waals surface area contributed by atoms with Crippen LogP contribution in [0.2, 0.25) is 0 Å². The van der Waals surface area contributed by atoms with Crippen molar-refractivity contribution in [1.82, 2.24) is 20.2 Å². The molecule has 0 bridgehead atoms. The Morgan fingerprint density at radius 1 is 1.10 bits per heavy atom. The minimum Gasteiger partial charge on any atom is -0.453 e. The molecule has 0 unspecified atom stereocenters. The van der Waals surface area contributed by atoms with Gasteiger partial charge in [-0.25, -0.2) is 9.18 Å². The second kappa shape index (κ2) is 12.3. The van der Waals surface area contributed by atoms with E-state index in [1.54, 1.807) is 24.3 Å². The third kappa shape index (κ3) is 7.12. The van der Waals surface area contributed by atoms with Gasteiger partial charge in [0.15, 0.2) is 11.6 Å². The topological polar surface area (TPSA) is 106 Å². The molecule has 1 aliphatic rings. The van der Waals surface area contributed by atoms with E-state index in [-0.39, 0.29) is 37.2 Å². The number of thiophene rings is 1. The van der Waals surface area contributed by atoms with Gasteiger partial charge in [0, 0.05) is 56.5 Å². The fraction of sp³-hybridized carbons (Fsp3) is 0.286. The standard InChI is InChI=1S/C28H25F4N5O4S/c1-40-11-10-37(26(38)28(30,31)32)15-16-2-6-20(34-14-16)24-13-21-25(42-24)23(8-9-33-21)41-22-7-5-18(12-19(22)29)36-27(39)35-17-3-4-17/h2,5-9,12-14,17H,3-4,10-11,15H2,1H3,(H2,35,36,39). The summed E-state index contributed by atoms with van der Waals surface area (Å²) in [5.41, 5.74) is 1.81. The highest BCUT2D eigenvalue weighted by Gasteiger charge is 2.42. The normalized spacial score (nSPS) is 13.2. The lowest BCUT2D eigenvalue weighted by atomic mass is 10.2. The molecule has 0 spiro atoms. The van der Waals surface area contributed by atoms with Gasteiger partial charge >= 0.3 is 18.1 Å². The average Bonchev–Trinajstić information content (AvgIpc) is 3.65. The van der Waals surface area contributed by atoms with Crippen LogP contribution in [0.25, 0.3) is 20.8 Å². The van der Waals surface area contributed by atoms with E-state index in [4.69, 9.17) is 9.47 Å². The Kier molecular flexibility index (Phi) is 8.54. The van der Waals surface area contributed by atoms with Gasteiger partial charge in [-0.15, -0.1) is 11.3 Å². The summed E-state index contributed by atoms with van der Waals surface area (Å²) < 4.78 is 65.2. The Hall–Kier alpha value is -4.30. The van der Waals surface area contributed by atoms with Gasteiger partial charge in [0.1, 0.15) is 5.75 Å². The van der Waals surface area contributed by atoms with Crippen LogP contribution in [0.1, 0.15) is 18.4 Å². The number of anilines is 1. The summed E-state index contributed by atoms with van der Waals surface area (Å²) in [5, 5.41) is 5.36. The number of alkyl halides is 3. The van der Waals surface area contributed by atoms with E-state index in [0.29, 0.717) is 37.0 Å². The zero-order chi connectivity index (χ0) is 29.9. The summed E-state index contributed by atoms with van der Waals surface area (Å²) in [6.07, 6.45) is -0.208. The number of halogens is 4. The van der Waals surface area contributed by atoms with E-state index in [9.17, 15) is 27.2 Å². The highest BCUT2D eigenvalue weighted by Crippen LogP contribution is 2.39. The largest absolute Gasteiger partial charge is 0.471 e. The maximum Gasteiger partial charge on any atom is 0.471 e. The minimum atomic E-state index is -5.00. The molecule has 3 amide bonds. The molecule has 1 aromatic carbocycles. The first-order valence-electron chi connectivity index (χ1n) is 12.8. The van der Waals surface area contributed by atoms with Crippen LogP contribution in [-0.2, 0) is 16.1 Å². The summed E-state index contributed by atoms with van der Waals surface area (Å²) in [4.78, 5) is 33.8. The Labute approximate surface area is 241 Å². The maximum absolute atomic E-state index is 14.8. The molecule has 0 saturated heterocycles. The number of amides is 3. The van der Waals surface area contributed by atoms with E-state index in [0.717, 1.165) is 12.8 Å². The first kappa shape index (κ1) is 29.2. The predicted molar refractivity (Wildman–Crippen MR) is 148 cm³/mol. The third-order valence-electron chi connectivity index (χ3n) is 6.24. The van der Waals surface area contributed by atoms with Crippen molar-refractivity contribution >= 4 is 39.2 Å². The second-order valence-corrected chi connectivity index (χ2v) is 10.6. The molecule has 1 aliphatic carbocycles. The molecular formula is C28H25F4N5O4S. The van der Waals surface area contributed by atoms with Crippen LogP contribution in [0, 0.1) is 5.82 Å². The van der Waals surface area contributed by atoms with E-state index in [2.05, 4.69) is 20.6 Å². The monoisotopic (exact) mass is 603 g/mol. The lowest BCUT2D eigenvalue weighted by Crippen LogP contribution is -2.42. The number of benzene rings is 1. The van der Waals surface area contributed by atoms with Crippen LogP contribution >= 0.6 is 11.3 Å². The molecule has 3 aromatic heterocycles. The lowest BCUT2D eigenvalue weighted by molar-refractivity contribution is -0.186. The summed E-state index contributed by atoms with van der Waals surface area (Å²) in [5.74, 6) is -2.30. The van der Waals surface area contributed by atoms with E-state index in [1.807, 2.05) is 0 Å². The molecule has 1 fully saturated rings. The van der Waals surface area contributed by atoms with Crippen LogP contribution in [0.15, 0.2) is 54.9 Å². The van der Waals surface area contributed by atoms with Crippen LogP contribution in [0.4, 0.5) is 28.0 Å². The number of aromatic nitrogens is 2. The molecule has 220 valence electrons. The number of carbonyl (C=O) groups excluding carboxylic acids is 2. The van der Waals surface area contributed by atoms with Crippen molar-refractivity contribution in [1.29, 1.82) is 0 Å². The predicted octanol–water partition coefficient (Wildman–Crippen LogP) is 6.11.